The third-order valence-electron chi connectivity index (χ3n) is 5.60. The minimum absolute atomic E-state index is 0.0646. The zero-order valence-electron chi connectivity index (χ0n) is 17.9. The molecule has 1 fully saturated rings. The Morgan fingerprint density at radius 3 is 2.45 bits per heavy atom. The fraction of sp³-hybridized carbons (Fsp3) is 0.292. The van der Waals surface area contributed by atoms with Crippen molar-refractivity contribution in [3.8, 4) is 22.8 Å². The summed E-state index contributed by atoms with van der Waals surface area (Å²) < 4.78 is 12.4. The number of carbonyl (C=O) groups excluding carboxylic acids is 2. The Hall–Kier alpha value is -3.04. The highest BCUT2D eigenvalue weighted by Crippen LogP contribution is 2.31. The average molecular weight is 482 g/mol. The van der Waals surface area contributed by atoms with E-state index in [4.69, 9.17) is 9.47 Å². The molecule has 0 bridgehead atoms. The largest absolute Gasteiger partial charge is 0.485 e. The van der Waals surface area contributed by atoms with Crippen molar-refractivity contribution in [1.29, 1.82) is 0 Å². The number of ether oxygens (including phenoxy) is 2. The Labute approximate surface area is 200 Å². The van der Waals surface area contributed by atoms with Crippen molar-refractivity contribution in [1.82, 2.24) is 14.8 Å². The summed E-state index contributed by atoms with van der Waals surface area (Å²) >= 11 is 3.01. The quantitative estimate of drug-likeness (QED) is 0.520. The molecule has 0 unspecified atom stereocenters. The molecular formula is C24H23N3O4S2. The minimum atomic E-state index is -0.651. The highest BCUT2D eigenvalue weighted by atomic mass is 32.2. The minimum Gasteiger partial charge on any atom is -0.485 e. The summed E-state index contributed by atoms with van der Waals surface area (Å²) in [7, 11) is 0. The summed E-state index contributed by atoms with van der Waals surface area (Å²) in [6.07, 6.45) is -0.651. The second-order valence-corrected chi connectivity index (χ2v) is 9.80. The predicted octanol–water partition coefficient (Wildman–Crippen LogP) is 3.41. The molecule has 33 heavy (non-hydrogen) atoms. The molecule has 2 aliphatic heterocycles. The van der Waals surface area contributed by atoms with Gasteiger partial charge in [-0.15, -0.1) is 11.3 Å². The van der Waals surface area contributed by atoms with E-state index in [0.717, 1.165) is 15.6 Å². The van der Waals surface area contributed by atoms with Crippen LogP contribution in [0.25, 0.3) is 11.3 Å². The van der Waals surface area contributed by atoms with Crippen molar-refractivity contribution >= 4 is 34.9 Å². The van der Waals surface area contributed by atoms with E-state index in [1.165, 1.54) is 11.8 Å². The molecule has 170 valence electrons. The first-order valence-electron chi connectivity index (χ1n) is 10.8. The van der Waals surface area contributed by atoms with E-state index in [0.29, 0.717) is 43.4 Å². The summed E-state index contributed by atoms with van der Waals surface area (Å²) in [5.74, 6) is 1.56. The van der Waals surface area contributed by atoms with Crippen LogP contribution in [-0.2, 0) is 9.59 Å². The van der Waals surface area contributed by atoms with Crippen molar-refractivity contribution in [2.75, 3.05) is 38.5 Å². The molecule has 0 spiro atoms. The number of amides is 2. The van der Waals surface area contributed by atoms with Gasteiger partial charge in [-0.2, -0.15) is 0 Å². The van der Waals surface area contributed by atoms with Crippen LogP contribution in [0, 0.1) is 0 Å². The lowest BCUT2D eigenvalue weighted by Gasteiger charge is -2.37. The number of aromatic nitrogens is 1. The SMILES string of the molecule is O=C(CSc1nc(-c2ccccc2)cs1)N1CCN(C(=O)[C@H]2COc3ccccc3O2)CC1. The topological polar surface area (TPSA) is 72.0 Å². The van der Waals surface area contributed by atoms with Crippen LogP contribution >= 0.6 is 23.1 Å². The zero-order valence-corrected chi connectivity index (χ0v) is 19.5. The van der Waals surface area contributed by atoms with Crippen molar-refractivity contribution in [3.05, 3.63) is 60.0 Å². The molecule has 1 saturated heterocycles. The molecule has 9 heteroatoms. The Morgan fingerprint density at radius 1 is 0.970 bits per heavy atom. The van der Waals surface area contributed by atoms with Gasteiger partial charge in [0, 0.05) is 37.1 Å². The first kappa shape index (κ1) is 21.8. The van der Waals surface area contributed by atoms with E-state index in [9.17, 15) is 9.59 Å². The van der Waals surface area contributed by atoms with E-state index in [1.54, 1.807) is 22.3 Å². The van der Waals surface area contributed by atoms with Crippen LogP contribution in [0.15, 0.2) is 64.3 Å². The van der Waals surface area contributed by atoms with Crippen molar-refractivity contribution in [3.63, 3.8) is 0 Å². The molecular weight excluding hydrogens is 458 g/mol. The van der Waals surface area contributed by atoms with Crippen LogP contribution in [0.1, 0.15) is 0 Å². The molecule has 2 aliphatic rings. The molecule has 1 atom stereocenters. The maximum Gasteiger partial charge on any atom is 0.267 e. The predicted molar refractivity (Wildman–Crippen MR) is 128 cm³/mol. The molecule has 5 rings (SSSR count). The van der Waals surface area contributed by atoms with Gasteiger partial charge in [0.05, 0.1) is 11.4 Å². The maximum absolute atomic E-state index is 12.9. The van der Waals surface area contributed by atoms with Crippen LogP contribution in [0.2, 0.25) is 0 Å². The second-order valence-electron chi connectivity index (χ2n) is 7.72. The Bertz CT molecular complexity index is 1130. The number of nitrogens with zero attached hydrogens (tertiary/aromatic N) is 3. The fourth-order valence-electron chi connectivity index (χ4n) is 3.80. The first-order valence-corrected chi connectivity index (χ1v) is 12.6. The number of hydrogen-bond acceptors (Lipinski definition) is 7. The molecule has 2 aromatic carbocycles. The van der Waals surface area contributed by atoms with Crippen LogP contribution in [-0.4, -0.2) is 71.2 Å². The summed E-state index contributed by atoms with van der Waals surface area (Å²) in [6.45, 7) is 2.22. The average Bonchev–Trinajstić information content (AvgIpc) is 3.36. The molecule has 0 saturated carbocycles. The van der Waals surface area contributed by atoms with Crippen LogP contribution in [0.5, 0.6) is 11.5 Å². The Morgan fingerprint density at radius 2 is 1.67 bits per heavy atom. The lowest BCUT2D eigenvalue weighted by Crippen LogP contribution is -2.55. The number of hydrogen-bond donors (Lipinski definition) is 0. The molecule has 0 aliphatic carbocycles. The van der Waals surface area contributed by atoms with Crippen LogP contribution < -0.4 is 9.47 Å². The third kappa shape index (κ3) is 4.99. The highest BCUT2D eigenvalue weighted by Gasteiger charge is 2.33. The molecule has 7 nitrogen and oxygen atoms in total. The zero-order chi connectivity index (χ0) is 22.6. The molecule has 1 aromatic heterocycles. The van der Waals surface area contributed by atoms with E-state index in [-0.39, 0.29) is 18.4 Å². The third-order valence-corrected chi connectivity index (χ3v) is 7.61. The number of benzene rings is 2. The number of fused-ring (bicyclic) bond motifs is 1. The monoisotopic (exact) mass is 481 g/mol. The van der Waals surface area contributed by atoms with Gasteiger partial charge in [-0.3, -0.25) is 9.59 Å². The maximum atomic E-state index is 12.9. The first-order chi connectivity index (χ1) is 16.2. The summed E-state index contributed by atoms with van der Waals surface area (Å²) in [4.78, 5) is 33.8. The fourth-order valence-corrected chi connectivity index (χ4v) is 5.54. The van der Waals surface area contributed by atoms with Crippen molar-refractivity contribution < 1.29 is 19.1 Å². The van der Waals surface area contributed by atoms with E-state index in [1.807, 2.05) is 58.8 Å². The smallest absolute Gasteiger partial charge is 0.267 e. The molecule has 0 radical (unpaired) electrons. The highest BCUT2D eigenvalue weighted by molar-refractivity contribution is 8.01. The van der Waals surface area contributed by atoms with Gasteiger partial charge >= 0.3 is 0 Å². The second kappa shape index (κ2) is 9.84. The summed E-state index contributed by atoms with van der Waals surface area (Å²) in [6, 6.07) is 17.4. The normalized spacial score (nSPS) is 17.6. The van der Waals surface area contributed by atoms with Gasteiger partial charge in [0.25, 0.3) is 5.91 Å². The Kier molecular flexibility index (Phi) is 6.50. The van der Waals surface area contributed by atoms with Crippen molar-refractivity contribution in [2.24, 2.45) is 0 Å². The summed E-state index contributed by atoms with van der Waals surface area (Å²) in [5.41, 5.74) is 2.00. The molecule has 3 aromatic rings. The van der Waals surface area contributed by atoms with E-state index < -0.39 is 6.10 Å². The Balaban J connectivity index is 1.09. The molecule has 0 N–H and O–H groups in total. The van der Waals surface area contributed by atoms with Crippen LogP contribution in [0.4, 0.5) is 0 Å². The standard InChI is InChI=1S/C24H23N3O4S2/c28-22(16-33-24-25-18(15-32-24)17-6-2-1-3-7-17)26-10-12-27(13-11-26)23(29)21-14-30-19-8-4-5-9-20(19)31-21/h1-9,15,21H,10-14,16H2/t21-/m1/s1. The lowest BCUT2D eigenvalue weighted by atomic mass is 10.2. The number of carbonyl (C=O) groups is 2. The van der Waals surface area contributed by atoms with Gasteiger partial charge in [-0.05, 0) is 12.1 Å². The van der Waals surface area contributed by atoms with Gasteiger partial charge in [0.2, 0.25) is 12.0 Å². The van der Waals surface area contributed by atoms with Gasteiger partial charge in [-0.1, -0.05) is 54.2 Å². The number of thiazole rings is 1. The number of thioether (sulfide) groups is 1. The molecule has 3 heterocycles. The van der Waals surface area contributed by atoms with Crippen molar-refractivity contribution in [2.45, 2.75) is 10.4 Å². The van der Waals surface area contributed by atoms with Gasteiger partial charge in [-0.25, -0.2) is 4.98 Å². The molecule has 2 amide bonds. The van der Waals surface area contributed by atoms with Crippen LogP contribution in [0.3, 0.4) is 0 Å². The van der Waals surface area contributed by atoms with E-state index >= 15 is 0 Å². The summed E-state index contributed by atoms with van der Waals surface area (Å²) in [5, 5.41) is 2.02. The van der Waals surface area contributed by atoms with Gasteiger partial charge < -0.3 is 19.3 Å². The number of para-hydroxylation sites is 2. The number of rotatable bonds is 5. The lowest BCUT2D eigenvalue weighted by molar-refractivity contribution is -0.145. The van der Waals surface area contributed by atoms with E-state index in [2.05, 4.69) is 4.98 Å². The van der Waals surface area contributed by atoms with Gasteiger partial charge in [0.1, 0.15) is 6.61 Å². The van der Waals surface area contributed by atoms with Gasteiger partial charge in [0.15, 0.2) is 15.8 Å². The number of piperazine rings is 1.